The largest absolute Gasteiger partial charge is 0.405 e. The Morgan fingerprint density at radius 1 is 1.80 bits per heavy atom. The van der Waals surface area contributed by atoms with Gasteiger partial charge in [0.05, 0.1) is 0 Å². The van der Waals surface area contributed by atoms with Crippen LogP contribution in [-0.4, -0.2) is 5.33 Å². The van der Waals surface area contributed by atoms with E-state index in [1.807, 2.05) is 6.08 Å². The first-order valence-electron chi connectivity index (χ1n) is 1.34. The molecule has 0 spiro atoms. The molecule has 2 N–H and O–H groups in total. The van der Waals surface area contributed by atoms with Crippen LogP contribution in [0.2, 0.25) is 0 Å². The van der Waals surface area contributed by atoms with Crippen LogP contribution >= 0.6 is 15.9 Å². The predicted molar refractivity (Wildman–Crippen MR) is 27.1 cm³/mol. The van der Waals surface area contributed by atoms with Crippen molar-refractivity contribution >= 4 is 15.9 Å². The molecule has 0 aliphatic heterocycles. The van der Waals surface area contributed by atoms with Gasteiger partial charge < -0.3 is 5.73 Å². The summed E-state index contributed by atoms with van der Waals surface area (Å²) in [5.74, 6) is 0. The fourth-order valence-electron chi connectivity index (χ4n) is 0.0514. The molecule has 1 nitrogen and oxygen atoms in total. The van der Waals surface area contributed by atoms with E-state index < -0.39 is 0 Å². The summed E-state index contributed by atoms with van der Waals surface area (Å²) in [4.78, 5) is 0. The van der Waals surface area contributed by atoms with Crippen LogP contribution in [0.1, 0.15) is 0 Å². The van der Waals surface area contributed by atoms with Gasteiger partial charge in [0.2, 0.25) is 0 Å². The summed E-state index contributed by atoms with van der Waals surface area (Å²) < 4.78 is 0. The first-order valence-corrected chi connectivity index (χ1v) is 2.46. The third kappa shape index (κ3) is 4.02. The van der Waals surface area contributed by atoms with Gasteiger partial charge in [-0.3, -0.25) is 0 Å². The minimum absolute atomic E-state index is 0.851. The smallest absolute Gasteiger partial charge is 0.0228 e. The topological polar surface area (TPSA) is 26.0 Å². The van der Waals surface area contributed by atoms with Crippen LogP contribution in [0.25, 0.3) is 0 Å². The van der Waals surface area contributed by atoms with Crippen molar-refractivity contribution in [3.63, 3.8) is 0 Å². The summed E-state index contributed by atoms with van der Waals surface area (Å²) >= 11 is 3.14. The fraction of sp³-hybridized carbons (Fsp3) is 0.333. The molecular weight excluding hydrogens is 130 g/mol. The van der Waals surface area contributed by atoms with Crippen LogP contribution in [0.4, 0.5) is 0 Å². The van der Waals surface area contributed by atoms with E-state index in [1.54, 1.807) is 0 Å². The van der Waals surface area contributed by atoms with Gasteiger partial charge in [0.15, 0.2) is 0 Å². The number of halogens is 1. The van der Waals surface area contributed by atoms with Gasteiger partial charge in [0.25, 0.3) is 0 Å². The zero-order valence-corrected chi connectivity index (χ0v) is 4.40. The Morgan fingerprint density at radius 2 is 2.40 bits per heavy atom. The molecule has 0 bridgehead atoms. The average molecular weight is 136 g/mol. The molecule has 0 heterocycles. The third-order valence-electron chi connectivity index (χ3n) is 0.225. The standard InChI is InChI=1S/C3H6BrN/c4-2-1-3-5/h1,3H,2,5H2. The summed E-state index contributed by atoms with van der Waals surface area (Å²) in [6.45, 7) is 0. The van der Waals surface area contributed by atoms with Crippen LogP contribution in [0, 0.1) is 0 Å². The summed E-state index contributed by atoms with van der Waals surface area (Å²) in [6.07, 6.45) is 3.33. The van der Waals surface area contributed by atoms with Gasteiger partial charge in [0.1, 0.15) is 0 Å². The first kappa shape index (κ1) is 5.02. The highest BCUT2D eigenvalue weighted by atomic mass is 79.9. The molecule has 0 atom stereocenters. The highest BCUT2D eigenvalue weighted by molar-refractivity contribution is 9.09. The van der Waals surface area contributed by atoms with Crippen LogP contribution in [-0.2, 0) is 0 Å². The summed E-state index contributed by atoms with van der Waals surface area (Å²) in [5, 5.41) is 0.851. The SMILES string of the molecule is NC=CCBr. The maximum atomic E-state index is 4.93. The highest BCUT2D eigenvalue weighted by Crippen LogP contribution is 1.75. The van der Waals surface area contributed by atoms with Crippen LogP contribution in [0.3, 0.4) is 0 Å². The zero-order valence-electron chi connectivity index (χ0n) is 2.82. The van der Waals surface area contributed by atoms with E-state index >= 15 is 0 Å². The second-order valence-corrected chi connectivity index (χ2v) is 1.23. The summed E-state index contributed by atoms with van der Waals surface area (Å²) in [5.41, 5.74) is 4.93. The monoisotopic (exact) mass is 135 g/mol. The van der Waals surface area contributed by atoms with Crippen molar-refractivity contribution in [2.75, 3.05) is 5.33 Å². The number of hydrogen-bond acceptors (Lipinski definition) is 1. The fourth-order valence-corrected chi connectivity index (χ4v) is 0.267. The van der Waals surface area contributed by atoms with E-state index in [-0.39, 0.29) is 0 Å². The van der Waals surface area contributed by atoms with E-state index in [2.05, 4.69) is 15.9 Å². The molecule has 5 heavy (non-hydrogen) atoms. The van der Waals surface area contributed by atoms with E-state index in [1.165, 1.54) is 6.20 Å². The maximum absolute atomic E-state index is 4.93. The Bertz CT molecular complexity index is 33.9. The van der Waals surface area contributed by atoms with E-state index in [4.69, 9.17) is 5.73 Å². The number of nitrogens with two attached hydrogens (primary N) is 1. The van der Waals surface area contributed by atoms with Gasteiger partial charge in [0, 0.05) is 5.33 Å². The van der Waals surface area contributed by atoms with Gasteiger partial charge in [-0.05, 0) is 6.20 Å². The molecular formula is C3H6BrN. The lowest BCUT2D eigenvalue weighted by Gasteiger charge is -1.64. The average Bonchev–Trinajstić information content (AvgIpc) is 1.41. The minimum atomic E-state index is 0.851. The van der Waals surface area contributed by atoms with Crippen molar-refractivity contribution in [2.45, 2.75) is 0 Å². The normalized spacial score (nSPS) is 9.80. The van der Waals surface area contributed by atoms with Gasteiger partial charge in [-0.25, -0.2) is 0 Å². The van der Waals surface area contributed by atoms with Crippen molar-refractivity contribution in [3.05, 3.63) is 12.3 Å². The van der Waals surface area contributed by atoms with Crippen LogP contribution < -0.4 is 5.73 Å². The zero-order chi connectivity index (χ0) is 4.12. The van der Waals surface area contributed by atoms with Gasteiger partial charge in [-0.1, -0.05) is 22.0 Å². The van der Waals surface area contributed by atoms with Gasteiger partial charge in [-0.2, -0.15) is 0 Å². The Labute approximate surface area is 40.0 Å². The van der Waals surface area contributed by atoms with Crippen molar-refractivity contribution in [1.82, 2.24) is 0 Å². The molecule has 0 radical (unpaired) electrons. The van der Waals surface area contributed by atoms with E-state index in [0.29, 0.717) is 0 Å². The maximum Gasteiger partial charge on any atom is 0.0228 e. The molecule has 0 aliphatic carbocycles. The second-order valence-electron chi connectivity index (χ2n) is 0.582. The molecule has 0 saturated carbocycles. The quantitative estimate of drug-likeness (QED) is 0.531. The van der Waals surface area contributed by atoms with Gasteiger partial charge in [-0.15, -0.1) is 0 Å². The molecule has 0 saturated heterocycles. The Kier molecular flexibility index (Phi) is 4.04. The first-order chi connectivity index (χ1) is 2.41. The van der Waals surface area contributed by atoms with E-state index in [9.17, 15) is 0 Å². The number of allylic oxidation sites excluding steroid dienone is 1. The molecule has 0 aromatic heterocycles. The lowest BCUT2D eigenvalue weighted by molar-refractivity contribution is 1.57. The van der Waals surface area contributed by atoms with E-state index in [0.717, 1.165) is 5.33 Å². The molecule has 0 unspecified atom stereocenters. The molecule has 0 aromatic rings. The Hall–Kier alpha value is 0.0200. The summed E-state index contributed by atoms with van der Waals surface area (Å²) in [7, 11) is 0. The molecule has 0 amide bonds. The number of alkyl halides is 1. The number of hydrogen-bond donors (Lipinski definition) is 1. The lowest BCUT2D eigenvalue weighted by Crippen LogP contribution is -1.73. The molecule has 30 valence electrons. The highest BCUT2D eigenvalue weighted by Gasteiger charge is 1.54. The Morgan fingerprint density at radius 3 is 2.40 bits per heavy atom. The molecule has 2 heteroatoms. The molecule has 0 fully saturated rings. The van der Waals surface area contributed by atoms with Gasteiger partial charge >= 0.3 is 0 Å². The van der Waals surface area contributed by atoms with Crippen LogP contribution in [0.5, 0.6) is 0 Å². The second kappa shape index (κ2) is 4.02. The number of rotatable bonds is 1. The minimum Gasteiger partial charge on any atom is -0.405 e. The molecule has 0 rings (SSSR count). The molecule has 0 aromatic carbocycles. The lowest BCUT2D eigenvalue weighted by atomic mass is 10.7. The van der Waals surface area contributed by atoms with Crippen molar-refractivity contribution in [3.8, 4) is 0 Å². The van der Waals surface area contributed by atoms with Crippen molar-refractivity contribution in [2.24, 2.45) is 5.73 Å². The van der Waals surface area contributed by atoms with Crippen LogP contribution in [0.15, 0.2) is 12.3 Å². The van der Waals surface area contributed by atoms with Crippen molar-refractivity contribution in [1.29, 1.82) is 0 Å². The predicted octanol–water partition coefficient (Wildman–Crippen LogP) is 0.854. The summed E-state index contributed by atoms with van der Waals surface area (Å²) in [6, 6.07) is 0. The van der Waals surface area contributed by atoms with Crippen molar-refractivity contribution < 1.29 is 0 Å². The third-order valence-corrected chi connectivity index (χ3v) is 0.599. The molecule has 0 aliphatic rings. The Balaban J connectivity index is 2.62.